The van der Waals surface area contributed by atoms with Crippen LogP contribution in [0.4, 0.5) is 0 Å². The first kappa shape index (κ1) is 20.0. The number of halogens is 1. The van der Waals surface area contributed by atoms with Crippen LogP contribution in [0.25, 0.3) is 5.57 Å². The van der Waals surface area contributed by atoms with Gasteiger partial charge in [0.15, 0.2) is 11.6 Å². The number of carbonyl (C=O) groups excluding carboxylic acids is 2. The van der Waals surface area contributed by atoms with Gasteiger partial charge in [-0.3, -0.25) is 9.59 Å². The Hall–Kier alpha value is -2.73. The molecule has 0 saturated carbocycles. The normalized spacial score (nSPS) is 11.1. The maximum Gasteiger partial charge on any atom is 0.186 e. The molecule has 0 aliphatic rings. The van der Waals surface area contributed by atoms with Crippen molar-refractivity contribution in [3.05, 3.63) is 105 Å². The lowest BCUT2D eigenvalue weighted by Crippen LogP contribution is -2.03. The summed E-state index contributed by atoms with van der Waals surface area (Å²) in [5, 5.41) is 0. The van der Waals surface area contributed by atoms with Crippen LogP contribution in [0.3, 0.4) is 0 Å². The highest BCUT2D eigenvalue weighted by atomic mass is 127. The zero-order valence-electron chi connectivity index (χ0n) is 15.4. The molecule has 3 aromatic carbocycles. The molecule has 0 heterocycles. The highest BCUT2D eigenvalue weighted by Crippen LogP contribution is 2.23. The second-order valence-electron chi connectivity index (χ2n) is 6.24. The van der Waals surface area contributed by atoms with Gasteiger partial charge in [-0.2, -0.15) is 0 Å². The number of rotatable bonds is 7. The molecule has 28 heavy (non-hydrogen) atoms. The fourth-order valence-electron chi connectivity index (χ4n) is 2.80. The number of allylic oxidation sites excluding steroid dienone is 2. The van der Waals surface area contributed by atoms with E-state index in [1.165, 1.54) is 0 Å². The summed E-state index contributed by atoms with van der Waals surface area (Å²) >= 11 is 2.21. The summed E-state index contributed by atoms with van der Waals surface area (Å²) < 4.78 is 6.21. The molecule has 140 valence electrons. The Bertz CT molecular complexity index is 988. The minimum absolute atomic E-state index is 0.0194. The Labute approximate surface area is 178 Å². The summed E-state index contributed by atoms with van der Waals surface area (Å²) in [5.41, 5.74) is 2.75. The zero-order valence-corrected chi connectivity index (χ0v) is 17.6. The standard InChI is InChI=1S/C24H19IO3/c1-28-22-13-9-19(10-14-22)24(27)16-20(17-5-3-2-4-6-17)15-23(26)18-7-11-21(25)12-8-18/h2-14,16H,15H2,1H3/b20-16+. The van der Waals surface area contributed by atoms with Crippen LogP contribution in [-0.4, -0.2) is 18.7 Å². The number of ether oxygens (including phenoxy) is 1. The summed E-state index contributed by atoms with van der Waals surface area (Å²) in [6.45, 7) is 0. The molecule has 4 heteroatoms. The van der Waals surface area contributed by atoms with Gasteiger partial charge in [-0.1, -0.05) is 42.5 Å². The number of ketones is 2. The summed E-state index contributed by atoms with van der Waals surface area (Å²) in [5.74, 6) is 0.531. The van der Waals surface area contributed by atoms with E-state index in [9.17, 15) is 9.59 Å². The number of hydrogen-bond acceptors (Lipinski definition) is 3. The van der Waals surface area contributed by atoms with Crippen LogP contribution >= 0.6 is 22.6 Å². The molecular weight excluding hydrogens is 463 g/mol. The highest BCUT2D eigenvalue weighted by molar-refractivity contribution is 14.1. The summed E-state index contributed by atoms with van der Waals surface area (Å²) in [7, 11) is 1.58. The van der Waals surface area contributed by atoms with Crippen molar-refractivity contribution in [3.8, 4) is 5.75 Å². The first-order valence-electron chi connectivity index (χ1n) is 8.80. The smallest absolute Gasteiger partial charge is 0.186 e. The monoisotopic (exact) mass is 482 g/mol. The minimum Gasteiger partial charge on any atom is -0.497 e. The second kappa shape index (κ2) is 9.46. The number of carbonyl (C=O) groups is 2. The Morgan fingerprint density at radius 3 is 2.04 bits per heavy atom. The van der Waals surface area contributed by atoms with Gasteiger partial charge in [0.1, 0.15) is 5.75 Å². The van der Waals surface area contributed by atoms with E-state index in [4.69, 9.17) is 4.74 Å². The molecule has 0 amide bonds. The average Bonchev–Trinajstić information content (AvgIpc) is 2.74. The third-order valence-electron chi connectivity index (χ3n) is 4.34. The molecule has 0 aromatic heterocycles. The summed E-state index contributed by atoms with van der Waals surface area (Å²) in [6.07, 6.45) is 1.72. The molecular formula is C24H19IO3. The van der Waals surface area contributed by atoms with E-state index in [1.54, 1.807) is 37.5 Å². The third kappa shape index (κ3) is 5.16. The van der Waals surface area contributed by atoms with Gasteiger partial charge in [0.25, 0.3) is 0 Å². The zero-order chi connectivity index (χ0) is 19.9. The van der Waals surface area contributed by atoms with Gasteiger partial charge in [-0.15, -0.1) is 0 Å². The van der Waals surface area contributed by atoms with Gasteiger partial charge in [0.05, 0.1) is 7.11 Å². The van der Waals surface area contributed by atoms with Crippen molar-refractivity contribution in [2.75, 3.05) is 7.11 Å². The van der Waals surface area contributed by atoms with E-state index in [0.717, 1.165) is 9.13 Å². The maximum absolute atomic E-state index is 12.8. The molecule has 3 nitrogen and oxygen atoms in total. The Balaban J connectivity index is 1.90. The van der Waals surface area contributed by atoms with E-state index in [1.807, 2.05) is 54.6 Å². The van der Waals surface area contributed by atoms with Gasteiger partial charge in [-0.05, 0) is 76.2 Å². The lowest BCUT2D eigenvalue weighted by atomic mass is 9.95. The van der Waals surface area contributed by atoms with Crippen LogP contribution < -0.4 is 4.74 Å². The molecule has 0 unspecified atom stereocenters. The molecule has 0 aliphatic carbocycles. The second-order valence-corrected chi connectivity index (χ2v) is 7.48. The average molecular weight is 482 g/mol. The van der Waals surface area contributed by atoms with E-state index in [0.29, 0.717) is 22.4 Å². The van der Waals surface area contributed by atoms with Crippen molar-refractivity contribution in [1.82, 2.24) is 0 Å². The van der Waals surface area contributed by atoms with Gasteiger partial charge in [0, 0.05) is 21.1 Å². The number of hydrogen-bond donors (Lipinski definition) is 0. The quantitative estimate of drug-likeness (QED) is 0.242. The maximum atomic E-state index is 12.8. The van der Waals surface area contributed by atoms with Crippen LogP contribution in [0.15, 0.2) is 84.9 Å². The third-order valence-corrected chi connectivity index (χ3v) is 5.06. The van der Waals surface area contributed by atoms with E-state index in [2.05, 4.69) is 22.6 Å². The molecule has 3 rings (SSSR count). The van der Waals surface area contributed by atoms with Crippen LogP contribution in [-0.2, 0) is 0 Å². The predicted molar refractivity (Wildman–Crippen MR) is 120 cm³/mol. The van der Waals surface area contributed by atoms with Crippen molar-refractivity contribution in [2.45, 2.75) is 6.42 Å². The van der Waals surface area contributed by atoms with Crippen LogP contribution in [0.1, 0.15) is 32.7 Å². The predicted octanol–water partition coefficient (Wildman–Crippen LogP) is 5.84. The lowest BCUT2D eigenvalue weighted by molar-refractivity contribution is 0.0998. The van der Waals surface area contributed by atoms with Crippen molar-refractivity contribution in [3.63, 3.8) is 0 Å². The van der Waals surface area contributed by atoms with Gasteiger partial charge < -0.3 is 4.74 Å². The number of methoxy groups -OCH3 is 1. The van der Waals surface area contributed by atoms with Crippen molar-refractivity contribution in [2.24, 2.45) is 0 Å². The molecule has 0 atom stereocenters. The van der Waals surface area contributed by atoms with Crippen molar-refractivity contribution >= 4 is 39.7 Å². The largest absolute Gasteiger partial charge is 0.497 e. The highest BCUT2D eigenvalue weighted by Gasteiger charge is 2.13. The molecule has 0 radical (unpaired) electrons. The van der Waals surface area contributed by atoms with E-state index < -0.39 is 0 Å². The van der Waals surface area contributed by atoms with Gasteiger partial charge >= 0.3 is 0 Å². The minimum atomic E-state index is -0.142. The molecule has 0 bridgehead atoms. The first-order valence-corrected chi connectivity index (χ1v) is 9.88. The topological polar surface area (TPSA) is 43.4 Å². The molecule has 3 aromatic rings. The Morgan fingerprint density at radius 1 is 0.821 bits per heavy atom. The Morgan fingerprint density at radius 2 is 1.43 bits per heavy atom. The Kier molecular flexibility index (Phi) is 6.76. The van der Waals surface area contributed by atoms with E-state index >= 15 is 0 Å². The van der Waals surface area contributed by atoms with Crippen LogP contribution in [0, 0.1) is 3.57 Å². The van der Waals surface area contributed by atoms with E-state index in [-0.39, 0.29) is 18.0 Å². The molecule has 0 spiro atoms. The first-order chi connectivity index (χ1) is 13.6. The molecule has 0 aliphatic heterocycles. The SMILES string of the molecule is COc1ccc(C(=O)/C=C(\CC(=O)c2ccc(I)cc2)c2ccccc2)cc1. The lowest BCUT2D eigenvalue weighted by Gasteiger charge is -2.08. The van der Waals surface area contributed by atoms with Crippen LogP contribution in [0.2, 0.25) is 0 Å². The number of benzene rings is 3. The van der Waals surface area contributed by atoms with Crippen molar-refractivity contribution in [1.29, 1.82) is 0 Å². The van der Waals surface area contributed by atoms with Gasteiger partial charge in [-0.25, -0.2) is 0 Å². The molecule has 0 saturated heterocycles. The van der Waals surface area contributed by atoms with Crippen LogP contribution in [0.5, 0.6) is 5.75 Å². The fourth-order valence-corrected chi connectivity index (χ4v) is 3.16. The molecule has 0 N–H and O–H groups in total. The molecule has 0 fully saturated rings. The summed E-state index contributed by atoms with van der Waals surface area (Å²) in [6, 6.07) is 23.9. The number of Topliss-reactive ketones (excluding diaryl/α,β-unsaturated/α-hetero) is 1. The summed E-state index contributed by atoms with van der Waals surface area (Å²) in [4.78, 5) is 25.5. The van der Waals surface area contributed by atoms with Crippen molar-refractivity contribution < 1.29 is 14.3 Å². The van der Waals surface area contributed by atoms with Gasteiger partial charge in [0.2, 0.25) is 0 Å². The fraction of sp³-hybridized carbons (Fsp3) is 0.0833.